The van der Waals surface area contributed by atoms with Gasteiger partial charge in [-0.25, -0.2) is 4.39 Å². The van der Waals surface area contributed by atoms with E-state index in [0.29, 0.717) is 16.1 Å². The molecular weight excluding hydrogens is 241 g/mol. The fourth-order valence-corrected chi connectivity index (χ4v) is 1.74. The van der Waals surface area contributed by atoms with Crippen LogP contribution in [-0.2, 0) is 0 Å². The molecule has 0 atom stereocenters. The summed E-state index contributed by atoms with van der Waals surface area (Å²) in [5.41, 5.74) is 1.20. The van der Waals surface area contributed by atoms with Crippen molar-refractivity contribution in [3.05, 3.63) is 52.8 Å². The predicted molar refractivity (Wildman–Crippen MR) is 63.2 cm³/mol. The summed E-state index contributed by atoms with van der Waals surface area (Å²) in [5, 5.41) is 18.6. The number of rotatable bonds is 1. The summed E-state index contributed by atoms with van der Waals surface area (Å²) >= 11 is 5.95. The molecule has 1 N–H and O–H groups in total. The Hall–Kier alpha value is -2.05. The number of aromatic hydroxyl groups is 1. The third-order valence-corrected chi connectivity index (χ3v) is 2.69. The van der Waals surface area contributed by atoms with E-state index in [-0.39, 0.29) is 11.3 Å². The number of benzene rings is 2. The van der Waals surface area contributed by atoms with Crippen molar-refractivity contribution in [2.45, 2.75) is 0 Å². The molecule has 2 nitrogen and oxygen atoms in total. The lowest BCUT2D eigenvalue weighted by Crippen LogP contribution is -1.84. The van der Waals surface area contributed by atoms with Gasteiger partial charge in [0.2, 0.25) is 0 Å². The van der Waals surface area contributed by atoms with E-state index in [0.717, 1.165) is 0 Å². The van der Waals surface area contributed by atoms with E-state index >= 15 is 0 Å². The molecule has 2 rings (SSSR count). The molecule has 0 bridgehead atoms. The summed E-state index contributed by atoms with van der Waals surface area (Å²) in [6, 6.07) is 10.3. The number of nitrogens with zero attached hydrogens (tertiary/aromatic N) is 1. The average Bonchev–Trinajstić information content (AvgIpc) is 2.33. The van der Waals surface area contributed by atoms with E-state index < -0.39 is 5.82 Å². The van der Waals surface area contributed by atoms with Crippen LogP contribution in [0.5, 0.6) is 5.75 Å². The molecular formula is C13H7ClFNO. The van der Waals surface area contributed by atoms with Crippen molar-refractivity contribution in [2.24, 2.45) is 0 Å². The molecule has 0 spiro atoms. The molecule has 0 heterocycles. The topological polar surface area (TPSA) is 44.0 Å². The molecule has 4 heteroatoms. The maximum atomic E-state index is 13.1. The molecule has 0 aliphatic heterocycles. The van der Waals surface area contributed by atoms with Gasteiger partial charge in [-0.3, -0.25) is 0 Å². The fraction of sp³-hybridized carbons (Fsp3) is 0. The minimum Gasteiger partial charge on any atom is -0.507 e. The van der Waals surface area contributed by atoms with Crippen LogP contribution < -0.4 is 0 Å². The third kappa shape index (κ3) is 2.22. The lowest BCUT2D eigenvalue weighted by Gasteiger charge is -2.06. The summed E-state index contributed by atoms with van der Waals surface area (Å²) < 4.78 is 13.1. The number of phenols is 1. The molecule has 0 aliphatic rings. The highest BCUT2D eigenvalue weighted by Crippen LogP contribution is 2.31. The average molecular weight is 248 g/mol. The van der Waals surface area contributed by atoms with Gasteiger partial charge in [0.05, 0.1) is 5.56 Å². The number of hydrogen-bond donors (Lipinski definition) is 1. The Bertz CT molecular complexity index is 619. The SMILES string of the molecule is N#Cc1cc(-c2cc(F)ccc2Cl)ccc1O. The second-order valence-electron chi connectivity index (χ2n) is 3.47. The molecule has 0 amide bonds. The summed E-state index contributed by atoms with van der Waals surface area (Å²) in [4.78, 5) is 0. The zero-order valence-corrected chi connectivity index (χ0v) is 9.37. The van der Waals surface area contributed by atoms with Crippen LogP contribution in [0.3, 0.4) is 0 Å². The second-order valence-corrected chi connectivity index (χ2v) is 3.88. The largest absolute Gasteiger partial charge is 0.507 e. The number of hydrogen-bond acceptors (Lipinski definition) is 2. The van der Waals surface area contributed by atoms with Crippen molar-refractivity contribution in [3.8, 4) is 22.9 Å². The van der Waals surface area contributed by atoms with Crippen LogP contribution in [0.4, 0.5) is 4.39 Å². The smallest absolute Gasteiger partial charge is 0.133 e. The molecule has 0 radical (unpaired) electrons. The van der Waals surface area contributed by atoms with Gasteiger partial charge in [-0.2, -0.15) is 5.26 Å². The van der Waals surface area contributed by atoms with Gasteiger partial charge in [0.15, 0.2) is 0 Å². The van der Waals surface area contributed by atoms with Crippen LogP contribution in [0, 0.1) is 17.1 Å². The zero-order valence-electron chi connectivity index (χ0n) is 8.61. The first-order valence-corrected chi connectivity index (χ1v) is 5.18. The van der Waals surface area contributed by atoms with Crippen LogP contribution in [0.1, 0.15) is 5.56 Å². The normalized spacial score (nSPS) is 9.94. The molecule has 17 heavy (non-hydrogen) atoms. The number of halogens is 2. The van der Waals surface area contributed by atoms with Gasteiger partial charge >= 0.3 is 0 Å². The highest BCUT2D eigenvalue weighted by atomic mass is 35.5. The first-order valence-electron chi connectivity index (χ1n) is 4.80. The number of phenolic OH excluding ortho intramolecular Hbond substituents is 1. The van der Waals surface area contributed by atoms with E-state index in [9.17, 15) is 9.50 Å². The first-order chi connectivity index (χ1) is 8.11. The van der Waals surface area contributed by atoms with Gasteiger partial charge in [-0.05, 0) is 35.9 Å². The van der Waals surface area contributed by atoms with Gasteiger partial charge in [-0.15, -0.1) is 0 Å². The zero-order chi connectivity index (χ0) is 12.4. The minimum absolute atomic E-state index is 0.108. The summed E-state index contributed by atoms with van der Waals surface area (Å²) in [5.74, 6) is -0.514. The van der Waals surface area contributed by atoms with Gasteiger partial charge in [0.25, 0.3) is 0 Å². The number of nitriles is 1. The Kier molecular flexibility index (Phi) is 2.99. The van der Waals surface area contributed by atoms with Crippen molar-refractivity contribution >= 4 is 11.6 Å². The van der Waals surface area contributed by atoms with Crippen LogP contribution >= 0.6 is 11.6 Å². The lowest BCUT2D eigenvalue weighted by atomic mass is 10.0. The Morgan fingerprint density at radius 3 is 2.65 bits per heavy atom. The van der Waals surface area contributed by atoms with Gasteiger partial charge in [-0.1, -0.05) is 17.7 Å². The van der Waals surface area contributed by atoms with Gasteiger partial charge in [0.1, 0.15) is 17.6 Å². The fourth-order valence-electron chi connectivity index (χ4n) is 1.51. The highest BCUT2D eigenvalue weighted by Gasteiger charge is 2.08. The van der Waals surface area contributed by atoms with E-state index in [1.807, 2.05) is 6.07 Å². The molecule has 2 aromatic rings. The van der Waals surface area contributed by atoms with E-state index in [1.165, 1.54) is 30.3 Å². The van der Waals surface area contributed by atoms with Crippen molar-refractivity contribution in [1.82, 2.24) is 0 Å². The monoisotopic (exact) mass is 247 g/mol. The van der Waals surface area contributed by atoms with Crippen molar-refractivity contribution in [1.29, 1.82) is 5.26 Å². The minimum atomic E-state index is -0.406. The molecule has 2 aromatic carbocycles. The standard InChI is InChI=1S/C13H7ClFNO/c14-12-3-2-10(15)6-11(12)8-1-4-13(17)9(5-8)7-16/h1-6,17H. The first kappa shape index (κ1) is 11.4. The van der Waals surface area contributed by atoms with Gasteiger partial charge < -0.3 is 5.11 Å². The third-order valence-electron chi connectivity index (χ3n) is 2.36. The molecule has 0 aromatic heterocycles. The van der Waals surface area contributed by atoms with Crippen LogP contribution in [0.15, 0.2) is 36.4 Å². The van der Waals surface area contributed by atoms with Crippen LogP contribution in [0.2, 0.25) is 5.02 Å². The van der Waals surface area contributed by atoms with Crippen molar-refractivity contribution in [3.63, 3.8) is 0 Å². The van der Waals surface area contributed by atoms with Crippen molar-refractivity contribution < 1.29 is 9.50 Å². The second kappa shape index (κ2) is 4.44. The summed E-state index contributed by atoms with van der Waals surface area (Å²) in [6.07, 6.45) is 0. The Labute approximate surface area is 103 Å². The molecule has 0 saturated carbocycles. The van der Waals surface area contributed by atoms with E-state index in [1.54, 1.807) is 6.07 Å². The van der Waals surface area contributed by atoms with Crippen LogP contribution in [-0.4, -0.2) is 5.11 Å². The summed E-state index contributed by atoms with van der Waals surface area (Å²) in [6.45, 7) is 0. The maximum Gasteiger partial charge on any atom is 0.133 e. The Morgan fingerprint density at radius 2 is 1.94 bits per heavy atom. The Morgan fingerprint density at radius 1 is 1.18 bits per heavy atom. The van der Waals surface area contributed by atoms with Crippen molar-refractivity contribution in [2.75, 3.05) is 0 Å². The molecule has 0 fully saturated rings. The molecule has 0 aliphatic carbocycles. The maximum absolute atomic E-state index is 13.1. The molecule has 0 saturated heterocycles. The van der Waals surface area contributed by atoms with Crippen LogP contribution in [0.25, 0.3) is 11.1 Å². The van der Waals surface area contributed by atoms with Gasteiger partial charge in [0, 0.05) is 10.6 Å². The Balaban J connectivity index is 2.61. The van der Waals surface area contributed by atoms with E-state index in [4.69, 9.17) is 16.9 Å². The quantitative estimate of drug-likeness (QED) is 0.835. The predicted octanol–water partition coefficient (Wildman–Crippen LogP) is 3.72. The molecule has 84 valence electrons. The lowest BCUT2D eigenvalue weighted by molar-refractivity contribution is 0.473. The molecule has 0 unspecified atom stereocenters. The van der Waals surface area contributed by atoms with E-state index in [2.05, 4.69) is 0 Å². The summed E-state index contributed by atoms with van der Waals surface area (Å²) in [7, 11) is 0. The highest BCUT2D eigenvalue weighted by molar-refractivity contribution is 6.33.